The van der Waals surface area contributed by atoms with Gasteiger partial charge >= 0.3 is 11.9 Å². The van der Waals surface area contributed by atoms with Gasteiger partial charge in [0, 0.05) is 19.4 Å². The van der Waals surface area contributed by atoms with Crippen molar-refractivity contribution >= 4 is 11.9 Å². The Morgan fingerprint density at radius 1 is 0.338 bits per heavy atom. The molecule has 0 aliphatic carbocycles. The number of unbranched alkanes of at least 4 members (excludes halogenated alkanes) is 31. The molecule has 0 bridgehead atoms. The standard InChI is InChI=1S/C63H112O5/c1-4-7-10-13-16-19-22-25-28-30-32-33-36-38-41-44-47-50-53-56-62(64)67-60-61(68-63(65)57-54-51-48-45-42-39-35-27-24-21-18-15-12-9-6-3)59-66-58-55-52-49-46-43-40-37-34-31-29-26-23-20-17-14-11-8-5-2/h7,10,16,19,25-26,28-29,32-33,38,41,61H,4-6,8-9,11-15,17-18,20-24,27,30-31,34-37,39-40,42-60H2,1-3H3/b10-7-,19-16-,28-25-,29-26-,33-32-,41-38-. The number of rotatable bonds is 54. The molecule has 1 atom stereocenters. The summed E-state index contributed by atoms with van der Waals surface area (Å²) in [6, 6.07) is 0. The van der Waals surface area contributed by atoms with Gasteiger partial charge in [-0.1, -0.05) is 261 Å². The fourth-order valence-electron chi connectivity index (χ4n) is 8.36. The van der Waals surface area contributed by atoms with Crippen LogP contribution in [0.15, 0.2) is 72.9 Å². The Morgan fingerprint density at radius 2 is 0.662 bits per heavy atom. The van der Waals surface area contributed by atoms with Crippen LogP contribution in [0.3, 0.4) is 0 Å². The van der Waals surface area contributed by atoms with Crippen LogP contribution >= 0.6 is 0 Å². The molecule has 0 saturated heterocycles. The van der Waals surface area contributed by atoms with Crippen LogP contribution in [-0.4, -0.2) is 37.9 Å². The minimum atomic E-state index is -0.552. The number of hydrogen-bond acceptors (Lipinski definition) is 5. The van der Waals surface area contributed by atoms with Gasteiger partial charge in [0.05, 0.1) is 6.61 Å². The molecule has 0 fully saturated rings. The Morgan fingerprint density at radius 3 is 1.09 bits per heavy atom. The van der Waals surface area contributed by atoms with E-state index in [-0.39, 0.29) is 25.2 Å². The van der Waals surface area contributed by atoms with E-state index in [4.69, 9.17) is 14.2 Å². The summed E-state index contributed by atoms with van der Waals surface area (Å²) in [5, 5.41) is 0. The van der Waals surface area contributed by atoms with Gasteiger partial charge < -0.3 is 14.2 Å². The van der Waals surface area contributed by atoms with Gasteiger partial charge in [0.25, 0.3) is 0 Å². The number of carbonyl (C=O) groups excluding carboxylic acids is 2. The zero-order valence-electron chi connectivity index (χ0n) is 45.4. The number of allylic oxidation sites excluding steroid dienone is 12. The molecule has 0 spiro atoms. The van der Waals surface area contributed by atoms with E-state index >= 15 is 0 Å². The summed E-state index contributed by atoms with van der Waals surface area (Å²) < 4.78 is 17.5. The lowest BCUT2D eigenvalue weighted by Crippen LogP contribution is -2.30. The number of esters is 2. The molecule has 394 valence electrons. The quantitative estimate of drug-likeness (QED) is 0.0345. The van der Waals surface area contributed by atoms with Gasteiger partial charge in [0.2, 0.25) is 0 Å². The third kappa shape index (κ3) is 55.9. The molecular weight excluding hydrogens is 837 g/mol. The van der Waals surface area contributed by atoms with Crippen LogP contribution in [0.25, 0.3) is 0 Å². The molecular formula is C63H112O5. The predicted molar refractivity (Wildman–Crippen MR) is 297 cm³/mol. The summed E-state index contributed by atoms with van der Waals surface area (Å²) in [5.41, 5.74) is 0. The van der Waals surface area contributed by atoms with E-state index in [9.17, 15) is 9.59 Å². The van der Waals surface area contributed by atoms with Crippen LogP contribution in [0, 0.1) is 0 Å². The van der Waals surface area contributed by atoms with Crippen molar-refractivity contribution in [2.75, 3.05) is 19.8 Å². The third-order valence-corrected chi connectivity index (χ3v) is 12.7. The highest BCUT2D eigenvalue weighted by Gasteiger charge is 2.17. The Labute approximate surface area is 423 Å². The van der Waals surface area contributed by atoms with Gasteiger partial charge in [0.1, 0.15) is 6.61 Å². The summed E-state index contributed by atoms with van der Waals surface area (Å²) in [5.74, 6) is -0.424. The lowest BCUT2D eigenvalue weighted by atomic mass is 10.0. The van der Waals surface area contributed by atoms with Crippen molar-refractivity contribution in [3.05, 3.63) is 72.9 Å². The van der Waals surface area contributed by atoms with Crippen molar-refractivity contribution < 1.29 is 23.8 Å². The van der Waals surface area contributed by atoms with Gasteiger partial charge in [0.15, 0.2) is 6.10 Å². The molecule has 0 aliphatic heterocycles. The first-order chi connectivity index (χ1) is 33.6. The van der Waals surface area contributed by atoms with Crippen molar-refractivity contribution in [3.63, 3.8) is 0 Å². The number of hydrogen-bond donors (Lipinski definition) is 0. The van der Waals surface area contributed by atoms with Crippen LogP contribution in [0.1, 0.15) is 290 Å². The predicted octanol–water partition coefficient (Wildman–Crippen LogP) is 20.2. The van der Waals surface area contributed by atoms with E-state index < -0.39 is 6.10 Å². The molecule has 68 heavy (non-hydrogen) atoms. The minimum Gasteiger partial charge on any atom is -0.462 e. The van der Waals surface area contributed by atoms with Crippen molar-refractivity contribution in [2.24, 2.45) is 0 Å². The van der Waals surface area contributed by atoms with Gasteiger partial charge in [-0.3, -0.25) is 9.59 Å². The van der Waals surface area contributed by atoms with Crippen molar-refractivity contribution in [1.29, 1.82) is 0 Å². The first-order valence-electron chi connectivity index (χ1n) is 29.5. The molecule has 0 heterocycles. The van der Waals surface area contributed by atoms with Crippen molar-refractivity contribution in [3.8, 4) is 0 Å². The Kier molecular flexibility index (Phi) is 56.4. The molecule has 0 rings (SSSR count). The first-order valence-corrected chi connectivity index (χ1v) is 29.5. The van der Waals surface area contributed by atoms with Gasteiger partial charge in [-0.15, -0.1) is 0 Å². The second-order valence-corrected chi connectivity index (χ2v) is 19.5. The van der Waals surface area contributed by atoms with Crippen LogP contribution in [0.4, 0.5) is 0 Å². The van der Waals surface area contributed by atoms with Crippen molar-refractivity contribution in [2.45, 2.75) is 297 Å². The van der Waals surface area contributed by atoms with Crippen LogP contribution in [-0.2, 0) is 23.8 Å². The minimum absolute atomic E-state index is 0.0678. The highest BCUT2D eigenvalue weighted by molar-refractivity contribution is 5.70. The molecule has 5 nitrogen and oxygen atoms in total. The van der Waals surface area contributed by atoms with E-state index in [1.165, 1.54) is 173 Å². The zero-order valence-corrected chi connectivity index (χ0v) is 45.4. The fourth-order valence-corrected chi connectivity index (χ4v) is 8.36. The topological polar surface area (TPSA) is 61.8 Å². The molecule has 0 radical (unpaired) electrons. The molecule has 0 aromatic rings. The Balaban J connectivity index is 4.32. The van der Waals surface area contributed by atoms with Crippen LogP contribution < -0.4 is 0 Å². The maximum absolute atomic E-state index is 12.9. The van der Waals surface area contributed by atoms with Crippen LogP contribution in [0.2, 0.25) is 0 Å². The highest BCUT2D eigenvalue weighted by atomic mass is 16.6. The average molecular weight is 950 g/mol. The van der Waals surface area contributed by atoms with E-state index in [2.05, 4.69) is 93.7 Å². The number of ether oxygens (including phenoxy) is 3. The Hall–Kier alpha value is -2.66. The third-order valence-electron chi connectivity index (χ3n) is 12.7. The van der Waals surface area contributed by atoms with E-state index in [0.29, 0.717) is 19.4 Å². The Bertz CT molecular complexity index is 1210. The first kappa shape index (κ1) is 65.3. The van der Waals surface area contributed by atoms with E-state index in [1.807, 2.05) is 0 Å². The molecule has 0 aromatic carbocycles. The van der Waals surface area contributed by atoms with Gasteiger partial charge in [-0.05, 0) is 89.9 Å². The normalized spacial score (nSPS) is 12.7. The summed E-state index contributed by atoms with van der Waals surface area (Å²) in [6.45, 7) is 7.71. The maximum Gasteiger partial charge on any atom is 0.306 e. The number of carbonyl (C=O) groups is 2. The fraction of sp³-hybridized carbons (Fsp3) is 0.778. The summed E-state index contributed by atoms with van der Waals surface area (Å²) >= 11 is 0. The monoisotopic (exact) mass is 949 g/mol. The highest BCUT2D eigenvalue weighted by Crippen LogP contribution is 2.16. The maximum atomic E-state index is 12.9. The van der Waals surface area contributed by atoms with E-state index in [0.717, 1.165) is 83.5 Å². The molecule has 1 unspecified atom stereocenters. The smallest absolute Gasteiger partial charge is 0.306 e. The van der Waals surface area contributed by atoms with Crippen LogP contribution in [0.5, 0.6) is 0 Å². The second kappa shape index (κ2) is 58.7. The molecule has 0 amide bonds. The second-order valence-electron chi connectivity index (χ2n) is 19.5. The summed E-state index contributed by atoms with van der Waals surface area (Å²) in [6.07, 6.45) is 76.4. The SMILES string of the molecule is CC/C=C\C/C=C\C/C=C\C/C=C\C/C=C\CCCCCC(=O)OCC(COCCCCCCCCCC/C=C\CCCCCCCC)OC(=O)CCCCCCCCCCCCCCCCC. The summed E-state index contributed by atoms with van der Waals surface area (Å²) in [4.78, 5) is 25.5. The molecule has 5 heteroatoms. The molecule has 0 N–H and O–H groups in total. The van der Waals surface area contributed by atoms with E-state index in [1.54, 1.807) is 0 Å². The van der Waals surface area contributed by atoms with Gasteiger partial charge in [-0.2, -0.15) is 0 Å². The van der Waals surface area contributed by atoms with Crippen molar-refractivity contribution in [1.82, 2.24) is 0 Å². The average Bonchev–Trinajstić information content (AvgIpc) is 3.34. The lowest BCUT2D eigenvalue weighted by molar-refractivity contribution is -0.163. The molecule has 0 aromatic heterocycles. The zero-order chi connectivity index (χ0) is 49.2. The van der Waals surface area contributed by atoms with Gasteiger partial charge in [-0.25, -0.2) is 0 Å². The largest absolute Gasteiger partial charge is 0.462 e. The summed E-state index contributed by atoms with van der Waals surface area (Å²) in [7, 11) is 0. The lowest BCUT2D eigenvalue weighted by Gasteiger charge is -2.18. The molecule has 0 aliphatic rings. The molecule has 0 saturated carbocycles.